The summed E-state index contributed by atoms with van der Waals surface area (Å²) >= 11 is 5.85. The molecule has 1 aromatic rings. The average molecular weight is 272 g/mol. The van der Waals surface area contributed by atoms with Crippen LogP contribution in [0.2, 0.25) is 5.02 Å². The van der Waals surface area contributed by atoms with Gasteiger partial charge in [0.2, 0.25) is 0 Å². The highest BCUT2D eigenvalue weighted by atomic mass is 35.5. The van der Waals surface area contributed by atoms with Gasteiger partial charge in [0, 0.05) is 18.8 Å². The van der Waals surface area contributed by atoms with Crippen LogP contribution >= 0.6 is 11.6 Å². The number of nitrogens with two attached hydrogens (primary N) is 1. The molecule has 0 aliphatic carbocycles. The minimum Gasteiger partial charge on any atom is -0.399 e. The first-order valence-corrected chi connectivity index (χ1v) is 5.67. The zero-order valence-electron chi connectivity index (χ0n) is 9.57. The number of halogens is 1. The van der Waals surface area contributed by atoms with Crippen LogP contribution in [-0.2, 0) is 9.59 Å². The number of benzene rings is 1. The van der Waals surface area contributed by atoms with Crippen LogP contribution in [-0.4, -0.2) is 30.1 Å². The Morgan fingerprint density at radius 2 is 2.06 bits per heavy atom. The van der Waals surface area contributed by atoms with Gasteiger partial charge in [-0.1, -0.05) is 11.6 Å². The smallest absolute Gasteiger partial charge is 0.313 e. The van der Waals surface area contributed by atoms with E-state index in [-0.39, 0.29) is 18.2 Å². The number of hydrogen-bond donors (Lipinski definition) is 4. The molecule has 1 aromatic carbocycles. The third kappa shape index (κ3) is 4.23. The lowest BCUT2D eigenvalue weighted by molar-refractivity contribution is -0.136. The first-order chi connectivity index (χ1) is 8.54. The molecule has 0 saturated carbocycles. The van der Waals surface area contributed by atoms with Crippen molar-refractivity contribution in [3.63, 3.8) is 0 Å². The predicted octanol–water partition coefficient (Wildman–Crippen LogP) is 0.359. The third-order valence-corrected chi connectivity index (χ3v) is 2.38. The van der Waals surface area contributed by atoms with Gasteiger partial charge in [0.05, 0.1) is 10.7 Å². The lowest BCUT2D eigenvalue weighted by atomic mass is 10.3. The van der Waals surface area contributed by atoms with Gasteiger partial charge in [-0.05, 0) is 24.6 Å². The van der Waals surface area contributed by atoms with Gasteiger partial charge in [-0.3, -0.25) is 9.59 Å². The second-order valence-corrected chi connectivity index (χ2v) is 3.93. The van der Waals surface area contributed by atoms with E-state index in [1.54, 1.807) is 6.07 Å². The second kappa shape index (κ2) is 6.83. The van der Waals surface area contributed by atoms with E-state index in [1.165, 1.54) is 12.1 Å². The van der Waals surface area contributed by atoms with Crippen molar-refractivity contribution in [3.8, 4) is 0 Å². The lowest BCUT2D eigenvalue weighted by Crippen LogP contribution is -2.36. The molecule has 0 unspecified atom stereocenters. The van der Waals surface area contributed by atoms with Crippen molar-refractivity contribution >= 4 is 34.8 Å². The van der Waals surface area contributed by atoms with Gasteiger partial charge < -0.3 is 21.5 Å². The van der Waals surface area contributed by atoms with E-state index in [0.717, 1.165) is 0 Å². The van der Waals surface area contributed by atoms with Crippen LogP contribution in [0.25, 0.3) is 0 Å². The van der Waals surface area contributed by atoms with Gasteiger partial charge in [-0.25, -0.2) is 0 Å². The predicted molar refractivity (Wildman–Crippen MR) is 69.2 cm³/mol. The fourth-order valence-electron chi connectivity index (χ4n) is 1.17. The van der Waals surface area contributed by atoms with Crippen molar-refractivity contribution in [2.75, 3.05) is 24.2 Å². The Morgan fingerprint density at radius 3 is 2.67 bits per heavy atom. The van der Waals surface area contributed by atoms with Crippen molar-refractivity contribution in [2.24, 2.45) is 0 Å². The summed E-state index contributed by atoms with van der Waals surface area (Å²) in [6.45, 7) is 0.184. The number of aliphatic hydroxyl groups excluding tert-OH is 1. The summed E-state index contributed by atoms with van der Waals surface area (Å²) in [6, 6.07) is 4.54. The summed E-state index contributed by atoms with van der Waals surface area (Å²) in [4.78, 5) is 22.8. The number of nitrogens with one attached hydrogen (secondary N) is 2. The van der Waals surface area contributed by atoms with E-state index < -0.39 is 11.8 Å². The Kier molecular flexibility index (Phi) is 5.41. The molecule has 0 saturated heterocycles. The molecular weight excluding hydrogens is 258 g/mol. The second-order valence-electron chi connectivity index (χ2n) is 3.53. The molecule has 0 bridgehead atoms. The number of hydrogen-bond acceptors (Lipinski definition) is 4. The number of anilines is 2. The topological polar surface area (TPSA) is 104 Å². The lowest BCUT2D eigenvalue weighted by Gasteiger charge is -2.08. The summed E-state index contributed by atoms with van der Waals surface area (Å²) in [5.74, 6) is -1.60. The molecule has 6 nitrogen and oxygen atoms in total. The molecule has 0 fully saturated rings. The van der Waals surface area contributed by atoms with Crippen molar-refractivity contribution in [2.45, 2.75) is 6.42 Å². The molecule has 0 atom stereocenters. The molecule has 0 aliphatic rings. The van der Waals surface area contributed by atoms with Crippen LogP contribution in [0.15, 0.2) is 18.2 Å². The molecule has 0 aliphatic heterocycles. The zero-order chi connectivity index (χ0) is 13.5. The number of rotatable bonds is 4. The molecule has 0 radical (unpaired) electrons. The van der Waals surface area contributed by atoms with Crippen molar-refractivity contribution in [1.29, 1.82) is 0 Å². The normalized spacial score (nSPS) is 9.89. The average Bonchev–Trinajstić information content (AvgIpc) is 2.32. The van der Waals surface area contributed by atoms with Crippen LogP contribution in [0.4, 0.5) is 11.4 Å². The minimum absolute atomic E-state index is 0.0499. The van der Waals surface area contributed by atoms with Crippen LogP contribution < -0.4 is 16.4 Å². The molecule has 0 aromatic heterocycles. The molecular formula is C11H14ClN3O3. The maximum Gasteiger partial charge on any atom is 0.313 e. The highest BCUT2D eigenvalue weighted by Gasteiger charge is 2.14. The highest BCUT2D eigenvalue weighted by molar-refractivity contribution is 6.41. The highest BCUT2D eigenvalue weighted by Crippen LogP contribution is 2.23. The van der Waals surface area contributed by atoms with Gasteiger partial charge in [-0.15, -0.1) is 0 Å². The first-order valence-electron chi connectivity index (χ1n) is 5.29. The van der Waals surface area contributed by atoms with E-state index in [4.69, 9.17) is 22.4 Å². The van der Waals surface area contributed by atoms with Crippen LogP contribution in [0.5, 0.6) is 0 Å². The Balaban J connectivity index is 2.56. The Bertz CT molecular complexity index is 451. The summed E-state index contributed by atoms with van der Waals surface area (Å²) in [6.07, 6.45) is 0.391. The quantitative estimate of drug-likeness (QED) is 0.360. The molecule has 1 rings (SSSR count). The van der Waals surface area contributed by atoms with E-state index in [1.807, 2.05) is 0 Å². The summed E-state index contributed by atoms with van der Waals surface area (Å²) in [5, 5.41) is 13.5. The number of carbonyl (C=O) groups excluding carboxylic acids is 2. The zero-order valence-corrected chi connectivity index (χ0v) is 10.3. The maximum atomic E-state index is 11.5. The number of amides is 2. The first kappa shape index (κ1) is 14.3. The number of carbonyl (C=O) groups is 2. The van der Waals surface area contributed by atoms with Gasteiger partial charge in [0.1, 0.15) is 0 Å². The van der Waals surface area contributed by atoms with Crippen molar-refractivity contribution < 1.29 is 14.7 Å². The standard InChI is InChI=1S/C11H14ClN3O3/c12-8-6-7(13)2-3-9(8)15-11(18)10(17)14-4-1-5-16/h2-3,6,16H,1,4-5,13H2,(H,14,17)(H,15,18). The molecule has 0 heterocycles. The molecule has 5 N–H and O–H groups in total. The van der Waals surface area contributed by atoms with Gasteiger partial charge in [-0.2, -0.15) is 0 Å². The molecule has 0 spiro atoms. The summed E-state index contributed by atoms with van der Waals surface area (Å²) in [5.41, 5.74) is 6.28. The number of nitrogen functional groups attached to an aromatic ring is 1. The van der Waals surface area contributed by atoms with Crippen molar-refractivity contribution in [3.05, 3.63) is 23.2 Å². The molecule has 2 amide bonds. The van der Waals surface area contributed by atoms with Crippen LogP contribution in [0.3, 0.4) is 0 Å². The summed E-state index contributed by atoms with van der Waals surface area (Å²) < 4.78 is 0. The van der Waals surface area contributed by atoms with Crippen molar-refractivity contribution in [1.82, 2.24) is 5.32 Å². The molecule has 7 heteroatoms. The minimum atomic E-state index is -0.820. The maximum absolute atomic E-state index is 11.5. The SMILES string of the molecule is Nc1ccc(NC(=O)C(=O)NCCCO)c(Cl)c1. The van der Waals surface area contributed by atoms with E-state index in [0.29, 0.717) is 17.8 Å². The van der Waals surface area contributed by atoms with E-state index in [9.17, 15) is 9.59 Å². The Hall–Kier alpha value is -1.79. The van der Waals surface area contributed by atoms with E-state index in [2.05, 4.69) is 10.6 Å². The largest absolute Gasteiger partial charge is 0.399 e. The fraction of sp³-hybridized carbons (Fsp3) is 0.273. The third-order valence-electron chi connectivity index (χ3n) is 2.07. The summed E-state index contributed by atoms with van der Waals surface area (Å²) in [7, 11) is 0. The van der Waals surface area contributed by atoms with Gasteiger partial charge in [0.25, 0.3) is 0 Å². The Labute approximate surface area is 109 Å². The van der Waals surface area contributed by atoms with Gasteiger partial charge >= 0.3 is 11.8 Å². The van der Waals surface area contributed by atoms with Crippen LogP contribution in [0, 0.1) is 0 Å². The Morgan fingerprint density at radius 1 is 1.33 bits per heavy atom. The number of aliphatic hydroxyl groups is 1. The van der Waals surface area contributed by atoms with E-state index >= 15 is 0 Å². The monoisotopic (exact) mass is 271 g/mol. The molecule has 18 heavy (non-hydrogen) atoms. The fourth-order valence-corrected chi connectivity index (χ4v) is 1.41. The molecule has 98 valence electrons. The van der Waals surface area contributed by atoms with Gasteiger partial charge in [0.15, 0.2) is 0 Å². The van der Waals surface area contributed by atoms with Crippen LogP contribution in [0.1, 0.15) is 6.42 Å².